The molecule has 2 N–H and O–H groups in total. The van der Waals surface area contributed by atoms with Crippen LogP contribution in [0.4, 0.5) is 0 Å². The number of benzene rings is 1. The number of sulfonamides is 1. The molecular weight excluding hydrogens is 344 g/mol. The van der Waals surface area contributed by atoms with E-state index in [-0.39, 0.29) is 17.9 Å². The molecule has 0 saturated carbocycles. The molecule has 5 nitrogen and oxygen atoms in total. The van der Waals surface area contributed by atoms with Gasteiger partial charge < -0.3 is 10.1 Å². The fourth-order valence-corrected chi connectivity index (χ4v) is 4.90. The summed E-state index contributed by atoms with van der Waals surface area (Å²) in [5.41, 5.74) is -0.296. The molecule has 0 spiro atoms. The van der Waals surface area contributed by atoms with Crippen molar-refractivity contribution in [3.8, 4) is 0 Å². The first-order valence-corrected chi connectivity index (χ1v) is 9.60. The van der Waals surface area contributed by atoms with Crippen molar-refractivity contribution in [3.05, 3.63) is 24.3 Å². The Morgan fingerprint density at radius 2 is 2.14 bits per heavy atom. The van der Waals surface area contributed by atoms with Crippen LogP contribution in [0.2, 0.25) is 0 Å². The molecule has 126 valence electrons. The molecule has 2 rings (SSSR count). The molecular formula is C14H23ClN2O3S2. The van der Waals surface area contributed by atoms with Gasteiger partial charge in [-0.05, 0) is 37.8 Å². The van der Waals surface area contributed by atoms with Crippen LogP contribution in [0.15, 0.2) is 34.1 Å². The Hall–Kier alpha value is -0.310. The van der Waals surface area contributed by atoms with Crippen molar-refractivity contribution in [2.24, 2.45) is 0 Å². The number of halogens is 1. The van der Waals surface area contributed by atoms with E-state index in [0.29, 0.717) is 18.0 Å². The summed E-state index contributed by atoms with van der Waals surface area (Å²) < 4.78 is 33.0. The molecule has 0 aliphatic carbocycles. The summed E-state index contributed by atoms with van der Waals surface area (Å²) in [6, 6.07) is 7.04. The van der Waals surface area contributed by atoms with Gasteiger partial charge in [-0.2, -0.15) is 0 Å². The van der Waals surface area contributed by atoms with Crippen LogP contribution in [-0.4, -0.2) is 47.0 Å². The molecule has 1 unspecified atom stereocenters. The highest BCUT2D eigenvalue weighted by Gasteiger charge is 2.35. The predicted octanol–water partition coefficient (Wildman–Crippen LogP) is 1.88. The average molecular weight is 367 g/mol. The van der Waals surface area contributed by atoms with Crippen molar-refractivity contribution in [3.63, 3.8) is 0 Å². The van der Waals surface area contributed by atoms with Crippen LogP contribution in [0.25, 0.3) is 0 Å². The van der Waals surface area contributed by atoms with E-state index >= 15 is 0 Å². The number of rotatable bonds is 7. The van der Waals surface area contributed by atoms with Gasteiger partial charge in [-0.1, -0.05) is 12.1 Å². The molecule has 0 amide bonds. The summed E-state index contributed by atoms with van der Waals surface area (Å²) in [6.07, 6.45) is 3.82. The maximum atomic E-state index is 12.5. The largest absolute Gasteiger partial charge is 0.383 e. The molecule has 1 aliphatic heterocycles. The number of methoxy groups -OCH3 is 1. The lowest BCUT2D eigenvalue weighted by Crippen LogP contribution is -2.52. The molecule has 8 heteroatoms. The summed E-state index contributed by atoms with van der Waals surface area (Å²) in [4.78, 5) is 1.09. The lowest BCUT2D eigenvalue weighted by molar-refractivity contribution is 0.122. The van der Waals surface area contributed by atoms with Gasteiger partial charge in [0.25, 0.3) is 0 Å². The second-order valence-corrected chi connectivity index (χ2v) is 7.80. The van der Waals surface area contributed by atoms with Crippen molar-refractivity contribution in [2.75, 3.05) is 33.1 Å². The minimum Gasteiger partial charge on any atom is -0.383 e. The minimum absolute atomic E-state index is 0. The summed E-state index contributed by atoms with van der Waals surface area (Å²) in [5, 5.41) is 3.37. The summed E-state index contributed by atoms with van der Waals surface area (Å²) >= 11 is 1.43. The standard InChI is InChI=1S/C14H22N2O3S2.ClH/c1-19-11-14(8-5-9-15-14)10-16-21(17,18)13-7-4-3-6-12(13)20-2;/h3-4,6-7,15-16H,5,8-11H2,1-2H3;1H. The molecule has 1 saturated heterocycles. The molecule has 0 radical (unpaired) electrons. The maximum absolute atomic E-state index is 12.5. The fourth-order valence-electron chi connectivity index (χ4n) is 2.62. The van der Waals surface area contributed by atoms with E-state index in [4.69, 9.17) is 4.74 Å². The summed E-state index contributed by atoms with van der Waals surface area (Å²) in [5.74, 6) is 0. The van der Waals surface area contributed by atoms with Gasteiger partial charge in [0.15, 0.2) is 0 Å². The zero-order valence-electron chi connectivity index (χ0n) is 12.8. The quantitative estimate of drug-likeness (QED) is 0.721. The molecule has 1 aliphatic rings. The zero-order chi connectivity index (χ0) is 15.3. The van der Waals surface area contributed by atoms with Crippen LogP contribution in [0.5, 0.6) is 0 Å². The third kappa shape index (κ3) is 4.59. The molecule has 22 heavy (non-hydrogen) atoms. The Labute approximate surface area is 143 Å². The Bertz CT molecular complexity index is 575. The Morgan fingerprint density at radius 1 is 1.41 bits per heavy atom. The van der Waals surface area contributed by atoms with E-state index in [2.05, 4.69) is 10.0 Å². The molecule has 1 aromatic rings. The average Bonchev–Trinajstić information content (AvgIpc) is 2.95. The zero-order valence-corrected chi connectivity index (χ0v) is 15.2. The topological polar surface area (TPSA) is 67.4 Å². The first-order chi connectivity index (χ1) is 10.0. The Balaban J connectivity index is 0.00000242. The van der Waals surface area contributed by atoms with Gasteiger partial charge in [0.05, 0.1) is 17.0 Å². The highest BCUT2D eigenvalue weighted by Crippen LogP contribution is 2.25. The van der Waals surface area contributed by atoms with Gasteiger partial charge in [0, 0.05) is 18.6 Å². The van der Waals surface area contributed by atoms with Crippen LogP contribution in [0.3, 0.4) is 0 Å². The van der Waals surface area contributed by atoms with Gasteiger partial charge in [-0.15, -0.1) is 24.2 Å². The number of hydrogen-bond acceptors (Lipinski definition) is 5. The van der Waals surface area contributed by atoms with E-state index in [1.807, 2.05) is 18.4 Å². The van der Waals surface area contributed by atoms with E-state index in [9.17, 15) is 8.42 Å². The molecule has 1 atom stereocenters. The first-order valence-electron chi connectivity index (χ1n) is 6.90. The normalized spacial score (nSPS) is 21.5. The van der Waals surface area contributed by atoms with Crippen molar-refractivity contribution >= 4 is 34.2 Å². The predicted molar refractivity (Wildman–Crippen MR) is 92.5 cm³/mol. The highest BCUT2D eigenvalue weighted by atomic mass is 35.5. The van der Waals surface area contributed by atoms with E-state index in [1.165, 1.54) is 11.8 Å². The van der Waals surface area contributed by atoms with E-state index in [1.54, 1.807) is 19.2 Å². The van der Waals surface area contributed by atoms with Crippen LogP contribution in [0.1, 0.15) is 12.8 Å². The summed E-state index contributed by atoms with van der Waals surface area (Å²) in [6.45, 7) is 1.73. The number of thioether (sulfide) groups is 1. The number of nitrogens with one attached hydrogen (secondary N) is 2. The van der Waals surface area contributed by atoms with Crippen molar-refractivity contribution in [1.29, 1.82) is 0 Å². The van der Waals surface area contributed by atoms with Crippen molar-refractivity contribution in [1.82, 2.24) is 10.0 Å². The molecule has 0 aromatic heterocycles. The third-order valence-corrected chi connectivity index (χ3v) is 6.10. The van der Waals surface area contributed by atoms with Crippen LogP contribution < -0.4 is 10.0 Å². The minimum atomic E-state index is -3.51. The molecule has 1 fully saturated rings. The van der Waals surface area contributed by atoms with Gasteiger partial charge >= 0.3 is 0 Å². The Kier molecular flexibility index (Phi) is 7.64. The van der Waals surface area contributed by atoms with Crippen LogP contribution >= 0.6 is 24.2 Å². The summed E-state index contributed by atoms with van der Waals surface area (Å²) in [7, 11) is -1.88. The number of ether oxygens (including phenoxy) is 1. The van der Waals surface area contributed by atoms with Crippen LogP contribution in [0, 0.1) is 0 Å². The SMILES string of the molecule is COCC1(CNS(=O)(=O)c2ccccc2SC)CCCN1.Cl. The monoisotopic (exact) mass is 366 g/mol. The van der Waals surface area contributed by atoms with Gasteiger partial charge in [-0.25, -0.2) is 13.1 Å². The second-order valence-electron chi connectivity index (χ2n) is 5.22. The molecule has 0 bridgehead atoms. The Morgan fingerprint density at radius 3 is 2.73 bits per heavy atom. The fraction of sp³-hybridized carbons (Fsp3) is 0.571. The molecule has 1 aromatic carbocycles. The maximum Gasteiger partial charge on any atom is 0.241 e. The number of hydrogen-bond donors (Lipinski definition) is 2. The van der Waals surface area contributed by atoms with Crippen LogP contribution in [-0.2, 0) is 14.8 Å². The third-order valence-electron chi connectivity index (χ3n) is 3.71. The van der Waals surface area contributed by atoms with Gasteiger partial charge in [-0.3, -0.25) is 0 Å². The first kappa shape index (κ1) is 19.7. The molecule has 1 heterocycles. The van der Waals surface area contributed by atoms with Crippen molar-refractivity contribution in [2.45, 2.75) is 28.2 Å². The lowest BCUT2D eigenvalue weighted by Gasteiger charge is -2.29. The van der Waals surface area contributed by atoms with E-state index < -0.39 is 10.0 Å². The van der Waals surface area contributed by atoms with Crippen molar-refractivity contribution < 1.29 is 13.2 Å². The van der Waals surface area contributed by atoms with E-state index in [0.717, 1.165) is 24.3 Å². The second kappa shape index (κ2) is 8.52. The smallest absolute Gasteiger partial charge is 0.241 e. The van der Waals surface area contributed by atoms with Gasteiger partial charge in [0.1, 0.15) is 0 Å². The lowest BCUT2D eigenvalue weighted by atomic mass is 9.99. The highest BCUT2D eigenvalue weighted by molar-refractivity contribution is 7.99. The van der Waals surface area contributed by atoms with Gasteiger partial charge in [0.2, 0.25) is 10.0 Å².